The minimum atomic E-state index is -0.995. The molecule has 7 heteroatoms. The Morgan fingerprint density at radius 1 is 1.03 bits per heavy atom. The maximum Gasteiger partial charge on any atom is 0.275 e. The SMILES string of the molecule is O=C(Cn1nc(-c2ccc(F)c(F)c2)c2ccccc2c1=O)NC(C1CC1)C1CC1. The molecule has 2 fully saturated rings. The monoisotopic (exact) mass is 409 g/mol. The molecule has 3 aromatic rings. The standard InChI is InChI=1S/C23H21F2N3O2/c24-18-10-9-15(11-19(18)25)22-16-3-1-2-4-17(16)23(30)28(27-22)12-20(29)26-21(13-5-6-13)14-7-8-14/h1-4,9-11,13-14,21H,5-8,12H2,(H,26,29). The van der Waals surface area contributed by atoms with E-state index in [4.69, 9.17) is 0 Å². The number of nitrogens with zero attached hydrogens (tertiary/aromatic N) is 2. The van der Waals surface area contributed by atoms with Crippen LogP contribution in [-0.4, -0.2) is 21.7 Å². The van der Waals surface area contributed by atoms with E-state index >= 15 is 0 Å². The van der Waals surface area contributed by atoms with Crippen molar-refractivity contribution in [3.8, 4) is 11.3 Å². The first-order valence-corrected chi connectivity index (χ1v) is 10.3. The highest BCUT2D eigenvalue weighted by Crippen LogP contribution is 2.44. The van der Waals surface area contributed by atoms with E-state index in [1.54, 1.807) is 24.3 Å². The molecule has 0 unspecified atom stereocenters. The van der Waals surface area contributed by atoms with Gasteiger partial charge in [-0.2, -0.15) is 5.10 Å². The topological polar surface area (TPSA) is 64.0 Å². The Bertz CT molecular complexity index is 1190. The van der Waals surface area contributed by atoms with Gasteiger partial charge in [0.1, 0.15) is 6.54 Å². The third kappa shape index (κ3) is 3.60. The Morgan fingerprint density at radius 3 is 2.33 bits per heavy atom. The quantitative estimate of drug-likeness (QED) is 0.676. The molecule has 30 heavy (non-hydrogen) atoms. The van der Waals surface area contributed by atoms with Gasteiger partial charge >= 0.3 is 0 Å². The lowest BCUT2D eigenvalue weighted by Gasteiger charge is -2.18. The summed E-state index contributed by atoms with van der Waals surface area (Å²) in [6.45, 7) is -0.212. The lowest BCUT2D eigenvalue weighted by atomic mass is 10.0. The average molecular weight is 409 g/mol. The number of amides is 1. The summed E-state index contributed by atoms with van der Waals surface area (Å²) in [4.78, 5) is 25.6. The van der Waals surface area contributed by atoms with E-state index in [1.807, 2.05) is 0 Å². The van der Waals surface area contributed by atoms with Gasteiger partial charge in [-0.3, -0.25) is 9.59 Å². The van der Waals surface area contributed by atoms with Gasteiger partial charge in [-0.05, 0) is 61.8 Å². The van der Waals surface area contributed by atoms with E-state index in [0.29, 0.717) is 33.9 Å². The van der Waals surface area contributed by atoms with E-state index in [0.717, 1.165) is 42.5 Å². The summed E-state index contributed by atoms with van der Waals surface area (Å²) in [5.41, 5.74) is 0.285. The molecule has 0 aliphatic heterocycles. The van der Waals surface area contributed by atoms with E-state index in [2.05, 4.69) is 10.4 Å². The van der Waals surface area contributed by atoms with Gasteiger partial charge in [-0.25, -0.2) is 13.5 Å². The number of hydrogen-bond acceptors (Lipinski definition) is 3. The van der Waals surface area contributed by atoms with Crippen molar-refractivity contribution in [1.29, 1.82) is 0 Å². The van der Waals surface area contributed by atoms with E-state index < -0.39 is 11.6 Å². The molecule has 1 N–H and O–H groups in total. The van der Waals surface area contributed by atoms with Gasteiger partial charge in [0.25, 0.3) is 5.56 Å². The van der Waals surface area contributed by atoms with Gasteiger partial charge in [0.2, 0.25) is 5.91 Å². The van der Waals surface area contributed by atoms with Crippen molar-refractivity contribution < 1.29 is 13.6 Å². The van der Waals surface area contributed by atoms with Crippen molar-refractivity contribution in [2.24, 2.45) is 11.8 Å². The number of aromatic nitrogens is 2. The second-order valence-corrected chi connectivity index (χ2v) is 8.25. The molecule has 1 aromatic heterocycles. The molecule has 2 aliphatic rings. The van der Waals surface area contributed by atoms with Gasteiger partial charge in [0.15, 0.2) is 11.6 Å². The summed E-state index contributed by atoms with van der Waals surface area (Å²) in [5, 5.41) is 8.36. The molecule has 1 amide bonds. The number of nitrogens with one attached hydrogen (secondary N) is 1. The zero-order valence-corrected chi connectivity index (χ0v) is 16.3. The van der Waals surface area contributed by atoms with E-state index in [-0.39, 0.29) is 24.1 Å². The van der Waals surface area contributed by atoms with Crippen molar-refractivity contribution in [2.45, 2.75) is 38.3 Å². The minimum absolute atomic E-state index is 0.180. The zero-order valence-electron chi connectivity index (χ0n) is 16.3. The van der Waals surface area contributed by atoms with Crippen LogP contribution < -0.4 is 10.9 Å². The number of fused-ring (bicyclic) bond motifs is 1. The minimum Gasteiger partial charge on any atom is -0.351 e. The van der Waals surface area contributed by atoms with Gasteiger partial charge in [0, 0.05) is 17.0 Å². The van der Waals surface area contributed by atoms with Crippen LogP contribution in [0.2, 0.25) is 0 Å². The van der Waals surface area contributed by atoms with Gasteiger partial charge < -0.3 is 5.32 Å². The van der Waals surface area contributed by atoms with Crippen LogP contribution in [0.5, 0.6) is 0 Å². The fourth-order valence-corrected chi connectivity index (χ4v) is 4.10. The Hall–Kier alpha value is -3.09. The predicted octanol–water partition coefficient (Wildman–Crippen LogP) is 3.65. The second kappa shape index (κ2) is 7.31. The van der Waals surface area contributed by atoms with Crippen LogP contribution in [0, 0.1) is 23.5 Å². The first-order chi connectivity index (χ1) is 14.5. The number of rotatable bonds is 6. The molecule has 2 aromatic carbocycles. The predicted molar refractivity (Wildman–Crippen MR) is 109 cm³/mol. The maximum atomic E-state index is 13.8. The van der Waals surface area contributed by atoms with Crippen molar-refractivity contribution in [3.63, 3.8) is 0 Å². The Kier molecular flexibility index (Phi) is 4.60. The molecule has 5 rings (SSSR count). The normalized spacial score (nSPS) is 16.2. The maximum absolute atomic E-state index is 13.8. The van der Waals surface area contributed by atoms with Gasteiger partial charge in [0.05, 0.1) is 11.1 Å². The van der Waals surface area contributed by atoms with Gasteiger partial charge in [-0.15, -0.1) is 0 Å². The van der Waals surface area contributed by atoms with Gasteiger partial charge in [-0.1, -0.05) is 18.2 Å². The molecule has 5 nitrogen and oxygen atoms in total. The van der Waals surface area contributed by atoms with Crippen LogP contribution in [0.1, 0.15) is 25.7 Å². The second-order valence-electron chi connectivity index (χ2n) is 8.25. The largest absolute Gasteiger partial charge is 0.351 e. The van der Waals surface area contributed by atoms with Crippen LogP contribution in [0.4, 0.5) is 8.78 Å². The highest BCUT2D eigenvalue weighted by atomic mass is 19.2. The van der Waals surface area contributed by atoms with Crippen LogP contribution >= 0.6 is 0 Å². The van der Waals surface area contributed by atoms with Crippen LogP contribution in [0.3, 0.4) is 0 Å². The third-order valence-electron chi connectivity index (χ3n) is 5.94. The van der Waals surface area contributed by atoms with E-state index in [1.165, 1.54) is 6.07 Å². The molecule has 154 valence electrons. The number of benzene rings is 2. The van der Waals surface area contributed by atoms with Crippen LogP contribution in [0.25, 0.3) is 22.0 Å². The highest BCUT2D eigenvalue weighted by molar-refractivity contribution is 5.93. The molecule has 0 radical (unpaired) electrons. The molecule has 0 bridgehead atoms. The summed E-state index contributed by atoms with van der Waals surface area (Å²) < 4.78 is 28.3. The summed E-state index contributed by atoms with van der Waals surface area (Å²) in [7, 11) is 0. The molecule has 0 saturated heterocycles. The van der Waals surface area contributed by atoms with Crippen molar-refractivity contribution in [3.05, 3.63) is 64.5 Å². The molecule has 0 spiro atoms. The summed E-state index contributed by atoms with van der Waals surface area (Å²) in [5.74, 6) is -1.12. The van der Waals surface area contributed by atoms with Crippen LogP contribution in [-0.2, 0) is 11.3 Å². The fourth-order valence-electron chi connectivity index (χ4n) is 4.10. The number of carbonyl (C=O) groups is 1. The molecule has 0 atom stereocenters. The molecule has 2 aliphatic carbocycles. The van der Waals surface area contributed by atoms with Crippen molar-refractivity contribution in [1.82, 2.24) is 15.1 Å². The lowest BCUT2D eigenvalue weighted by Crippen LogP contribution is -2.41. The molecule has 2 saturated carbocycles. The summed E-state index contributed by atoms with van der Waals surface area (Å²) >= 11 is 0. The summed E-state index contributed by atoms with van der Waals surface area (Å²) in [6, 6.07) is 10.5. The molecule has 1 heterocycles. The smallest absolute Gasteiger partial charge is 0.275 e. The first kappa shape index (κ1) is 18.9. The fraction of sp³-hybridized carbons (Fsp3) is 0.348. The zero-order chi connectivity index (χ0) is 20.8. The number of halogens is 2. The molecular formula is C23H21F2N3O2. The lowest BCUT2D eigenvalue weighted by molar-refractivity contribution is -0.122. The van der Waals surface area contributed by atoms with Crippen molar-refractivity contribution >= 4 is 16.7 Å². The van der Waals surface area contributed by atoms with Crippen LogP contribution in [0.15, 0.2) is 47.3 Å². The van der Waals surface area contributed by atoms with E-state index in [9.17, 15) is 18.4 Å². The highest BCUT2D eigenvalue weighted by Gasteiger charge is 2.42. The third-order valence-corrected chi connectivity index (χ3v) is 5.94. The Balaban J connectivity index is 1.51. The number of hydrogen-bond donors (Lipinski definition) is 1. The summed E-state index contributed by atoms with van der Waals surface area (Å²) in [6.07, 6.45) is 4.54. The Labute approximate surface area is 171 Å². The number of carbonyl (C=O) groups excluding carboxylic acids is 1. The average Bonchev–Trinajstić information content (AvgIpc) is 3.64. The molecular weight excluding hydrogens is 388 g/mol. The first-order valence-electron chi connectivity index (χ1n) is 10.3. The Morgan fingerprint density at radius 2 is 1.70 bits per heavy atom. The van der Waals surface area contributed by atoms with Crippen molar-refractivity contribution in [2.75, 3.05) is 0 Å².